The van der Waals surface area contributed by atoms with Gasteiger partial charge in [0.15, 0.2) is 28.4 Å². The molecule has 2 rings (SSSR count). The number of anilines is 1. The summed E-state index contributed by atoms with van der Waals surface area (Å²) in [6, 6.07) is 1.42. The zero-order valence-corrected chi connectivity index (χ0v) is 10.9. The summed E-state index contributed by atoms with van der Waals surface area (Å²) in [6.45, 7) is 0. The average Bonchev–Trinajstić information content (AvgIpc) is 2.41. The largest absolute Gasteiger partial charge is 0.305 e. The molecule has 104 valence electrons. The third kappa shape index (κ3) is 2.68. The van der Waals surface area contributed by atoms with Crippen molar-refractivity contribution in [3.05, 3.63) is 51.7 Å². The van der Waals surface area contributed by atoms with Gasteiger partial charge in [-0.2, -0.15) is 0 Å². The first kappa shape index (κ1) is 14.5. The Bertz CT molecular complexity index is 697. The fraction of sp³-hybridized carbons (Fsp3) is 0. The summed E-state index contributed by atoms with van der Waals surface area (Å²) in [7, 11) is 0. The van der Waals surface area contributed by atoms with Gasteiger partial charge in [-0.1, -0.05) is 23.2 Å². The van der Waals surface area contributed by atoms with Gasteiger partial charge in [-0.15, -0.1) is 0 Å². The number of halogens is 5. The van der Waals surface area contributed by atoms with Gasteiger partial charge in [0.25, 0.3) is 5.91 Å². The van der Waals surface area contributed by atoms with Crippen molar-refractivity contribution in [2.75, 3.05) is 5.32 Å². The van der Waals surface area contributed by atoms with Crippen molar-refractivity contribution in [2.45, 2.75) is 0 Å². The minimum absolute atomic E-state index is 0.122. The van der Waals surface area contributed by atoms with E-state index in [0.29, 0.717) is 6.07 Å². The highest BCUT2D eigenvalue weighted by molar-refractivity contribution is 6.43. The topological polar surface area (TPSA) is 54.9 Å². The Kier molecular flexibility index (Phi) is 4.10. The zero-order chi connectivity index (χ0) is 14.9. The van der Waals surface area contributed by atoms with Crippen LogP contribution >= 0.6 is 23.2 Å². The maximum Gasteiger partial charge on any atom is 0.259 e. The van der Waals surface area contributed by atoms with Crippen LogP contribution in [0.1, 0.15) is 10.4 Å². The van der Waals surface area contributed by atoms with Crippen LogP contribution in [0.5, 0.6) is 0 Å². The van der Waals surface area contributed by atoms with E-state index >= 15 is 0 Å². The molecule has 20 heavy (non-hydrogen) atoms. The predicted molar refractivity (Wildman–Crippen MR) is 66.3 cm³/mol. The van der Waals surface area contributed by atoms with Crippen molar-refractivity contribution in [1.29, 1.82) is 0 Å². The fourth-order valence-corrected chi connectivity index (χ4v) is 1.59. The maximum absolute atomic E-state index is 13.4. The number of amides is 1. The van der Waals surface area contributed by atoms with Gasteiger partial charge >= 0.3 is 0 Å². The molecule has 0 saturated carbocycles. The van der Waals surface area contributed by atoms with Crippen LogP contribution in [0.15, 0.2) is 18.5 Å². The van der Waals surface area contributed by atoms with E-state index in [1.165, 1.54) is 0 Å². The summed E-state index contributed by atoms with van der Waals surface area (Å²) in [6.07, 6.45) is 1.02. The van der Waals surface area contributed by atoms with Crippen molar-refractivity contribution in [1.82, 2.24) is 9.97 Å². The smallest absolute Gasteiger partial charge is 0.259 e. The van der Waals surface area contributed by atoms with Crippen LogP contribution in [0.25, 0.3) is 0 Å². The number of benzene rings is 1. The van der Waals surface area contributed by atoms with E-state index < -0.39 is 28.9 Å². The van der Waals surface area contributed by atoms with Crippen LogP contribution < -0.4 is 5.32 Å². The molecule has 0 atom stereocenters. The Morgan fingerprint density at radius 2 is 1.80 bits per heavy atom. The molecule has 1 aromatic carbocycles. The summed E-state index contributed by atoms with van der Waals surface area (Å²) in [5, 5.41) is 1.84. The van der Waals surface area contributed by atoms with E-state index in [1.807, 2.05) is 0 Å². The minimum atomic E-state index is -1.75. The van der Waals surface area contributed by atoms with Gasteiger partial charge in [0.1, 0.15) is 11.3 Å². The molecule has 0 radical (unpaired) electrons. The quantitative estimate of drug-likeness (QED) is 0.680. The summed E-state index contributed by atoms with van der Waals surface area (Å²) < 4.78 is 39.2. The summed E-state index contributed by atoms with van der Waals surface area (Å²) in [5.41, 5.74) is -0.699. The van der Waals surface area contributed by atoms with Crippen molar-refractivity contribution < 1.29 is 18.0 Å². The van der Waals surface area contributed by atoms with E-state index in [2.05, 4.69) is 15.3 Å². The second kappa shape index (κ2) is 5.64. The van der Waals surface area contributed by atoms with Crippen LogP contribution in [0.3, 0.4) is 0 Å². The highest BCUT2D eigenvalue weighted by Crippen LogP contribution is 2.26. The third-order valence-electron chi connectivity index (χ3n) is 2.26. The number of rotatable bonds is 2. The molecule has 1 heterocycles. The van der Waals surface area contributed by atoms with E-state index in [4.69, 9.17) is 23.2 Å². The van der Waals surface area contributed by atoms with Crippen LogP contribution in [-0.2, 0) is 0 Å². The van der Waals surface area contributed by atoms with Crippen LogP contribution in [-0.4, -0.2) is 15.9 Å². The molecule has 0 aliphatic heterocycles. The summed E-state index contributed by atoms with van der Waals surface area (Å²) in [5.74, 6) is -6.00. The predicted octanol–water partition coefficient (Wildman–Crippen LogP) is 3.45. The molecule has 0 fully saturated rings. The first-order valence-electron chi connectivity index (χ1n) is 5.02. The molecule has 0 aliphatic rings. The van der Waals surface area contributed by atoms with Crippen LogP contribution in [0, 0.1) is 17.5 Å². The molecule has 0 aliphatic carbocycles. The number of carbonyl (C=O) groups excluding carboxylic acids is 1. The first-order chi connectivity index (χ1) is 9.41. The molecule has 2 aromatic rings. The van der Waals surface area contributed by atoms with Crippen molar-refractivity contribution in [3.8, 4) is 0 Å². The van der Waals surface area contributed by atoms with E-state index in [1.54, 1.807) is 0 Å². The van der Waals surface area contributed by atoms with Gasteiger partial charge in [-0.3, -0.25) is 4.79 Å². The van der Waals surface area contributed by atoms with Gasteiger partial charge in [0.2, 0.25) is 0 Å². The molecule has 1 aromatic heterocycles. The Morgan fingerprint density at radius 3 is 2.50 bits per heavy atom. The van der Waals surface area contributed by atoms with Crippen molar-refractivity contribution >= 4 is 34.9 Å². The molecule has 1 N–H and O–H groups in total. The standard InChI is InChI=1S/C11H4Cl2F3N3O/c12-6-9(13)17-3-18-10(6)19-11(20)4-1-2-5(14)8(16)7(4)15/h1-3H,(H,17,18,19,20). The Morgan fingerprint density at radius 1 is 1.10 bits per heavy atom. The maximum atomic E-state index is 13.4. The Hall–Kier alpha value is -1.86. The molecular weight excluding hydrogens is 318 g/mol. The van der Waals surface area contributed by atoms with Gasteiger partial charge in [-0.05, 0) is 12.1 Å². The second-order valence-electron chi connectivity index (χ2n) is 3.50. The van der Waals surface area contributed by atoms with Crippen LogP contribution in [0.4, 0.5) is 19.0 Å². The Balaban J connectivity index is 2.34. The lowest BCUT2D eigenvalue weighted by atomic mass is 10.2. The van der Waals surface area contributed by atoms with Crippen LogP contribution in [0.2, 0.25) is 10.2 Å². The molecule has 0 spiro atoms. The van der Waals surface area contributed by atoms with Gasteiger partial charge in [0.05, 0.1) is 5.56 Å². The molecule has 0 unspecified atom stereocenters. The van der Waals surface area contributed by atoms with Crippen molar-refractivity contribution in [2.24, 2.45) is 0 Å². The summed E-state index contributed by atoms with van der Waals surface area (Å²) >= 11 is 11.3. The highest BCUT2D eigenvalue weighted by atomic mass is 35.5. The molecule has 0 saturated heterocycles. The monoisotopic (exact) mass is 321 g/mol. The number of aromatic nitrogens is 2. The number of nitrogens with one attached hydrogen (secondary N) is 1. The summed E-state index contributed by atoms with van der Waals surface area (Å²) in [4.78, 5) is 18.9. The van der Waals surface area contributed by atoms with Gasteiger partial charge in [-0.25, -0.2) is 23.1 Å². The molecule has 4 nitrogen and oxygen atoms in total. The molecule has 0 bridgehead atoms. The Labute approximate surface area is 120 Å². The average molecular weight is 322 g/mol. The molecule has 9 heteroatoms. The number of carbonyl (C=O) groups is 1. The van der Waals surface area contributed by atoms with E-state index in [0.717, 1.165) is 12.4 Å². The minimum Gasteiger partial charge on any atom is -0.305 e. The lowest BCUT2D eigenvalue weighted by Gasteiger charge is -2.07. The second-order valence-corrected chi connectivity index (χ2v) is 4.24. The van der Waals surface area contributed by atoms with E-state index in [9.17, 15) is 18.0 Å². The van der Waals surface area contributed by atoms with Gasteiger partial charge < -0.3 is 5.32 Å². The van der Waals surface area contributed by atoms with E-state index in [-0.39, 0.29) is 16.0 Å². The zero-order valence-electron chi connectivity index (χ0n) is 9.42. The number of hydrogen-bond donors (Lipinski definition) is 1. The third-order valence-corrected chi connectivity index (χ3v) is 3.00. The van der Waals surface area contributed by atoms with Crippen molar-refractivity contribution in [3.63, 3.8) is 0 Å². The molecular formula is C11H4Cl2F3N3O. The van der Waals surface area contributed by atoms with Gasteiger partial charge in [0, 0.05) is 0 Å². The number of nitrogens with zero attached hydrogens (tertiary/aromatic N) is 2. The first-order valence-corrected chi connectivity index (χ1v) is 5.78. The highest BCUT2D eigenvalue weighted by Gasteiger charge is 2.20. The number of hydrogen-bond acceptors (Lipinski definition) is 3. The molecule has 1 amide bonds. The SMILES string of the molecule is O=C(Nc1ncnc(Cl)c1Cl)c1ccc(F)c(F)c1F. The lowest BCUT2D eigenvalue weighted by molar-refractivity contribution is 0.102. The normalized spacial score (nSPS) is 10.4. The fourth-order valence-electron chi connectivity index (χ4n) is 1.31. The lowest BCUT2D eigenvalue weighted by Crippen LogP contribution is -2.16.